The highest BCUT2D eigenvalue weighted by Crippen LogP contribution is 2.15. The smallest absolute Gasteiger partial charge is 0.113 e. The van der Waals surface area contributed by atoms with Crippen LogP contribution in [0.2, 0.25) is 0 Å². The number of aryl methyl sites for hydroxylation is 2. The van der Waals surface area contributed by atoms with E-state index in [0.717, 1.165) is 11.3 Å². The second kappa shape index (κ2) is 3.39. The fourth-order valence-corrected chi connectivity index (χ4v) is 1.01. The Bertz CT molecular complexity index is 245. The van der Waals surface area contributed by atoms with E-state index in [2.05, 4.69) is 11.4 Å². The van der Waals surface area contributed by atoms with Crippen LogP contribution in [0.4, 0.5) is 5.69 Å². The van der Waals surface area contributed by atoms with Crippen LogP contribution in [0.3, 0.4) is 0 Å². The minimum absolute atomic E-state index is 0.00963. The van der Waals surface area contributed by atoms with E-state index in [0.29, 0.717) is 0 Å². The van der Waals surface area contributed by atoms with Crippen molar-refractivity contribution in [2.75, 3.05) is 12.0 Å². The Morgan fingerprint density at radius 3 is 2.73 bits per heavy atom. The summed E-state index contributed by atoms with van der Waals surface area (Å²) in [6.45, 7) is 4.03. The SMILES string of the molecule is Cc1ccc(C)c(NCO)c1. The predicted molar refractivity (Wildman–Crippen MR) is 46.6 cm³/mol. The Labute approximate surface area is 66.9 Å². The topological polar surface area (TPSA) is 32.3 Å². The molecular formula is C9H13NO. The third kappa shape index (κ3) is 1.95. The van der Waals surface area contributed by atoms with Crippen molar-refractivity contribution in [1.82, 2.24) is 0 Å². The second-order valence-corrected chi connectivity index (χ2v) is 2.65. The van der Waals surface area contributed by atoms with Crippen LogP contribution in [0.15, 0.2) is 18.2 Å². The number of nitrogens with one attached hydrogen (secondary N) is 1. The van der Waals surface area contributed by atoms with Gasteiger partial charge in [-0.05, 0) is 31.0 Å². The monoisotopic (exact) mass is 151 g/mol. The van der Waals surface area contributed by atoms with Gasteiger partial charge in [0.25, 0.3) is 0 Å². The molecule has 2 heteroatoms. The van der Waals surface area contributed by atoms with Crippen molar-refractivity contribution in [1.29, 1.82) is 0 Å². The standard InChI is InChI=1S/C9H13NO/c1-7-3-4-8(2)9(5-7)10-6-11/h3-5,10-11H,6H2,1-2H3. The summed E-state index contributed by atoms with van der Waals surface area (Å²) in [5.74, 6) is 0. The lowest BCUT2D eigenvalue weighted by molar-refractivity contribution is 0.325. The third-order valence-corrected chi connectivity index (χ3v) is 1.66. The second-order valence-electron chi connectivity index (χ2n) is 2.65. The molecule has 2 N–H and O–H groups in total. The lowest BCUT2D eigenvalue weighted by Crippen LogP contribution is -2.01. The molecule has 1 aromatic carbocycles. The van der Waals surface area contributed by atoms with Gasteiger partial charge >= 0.3 is 0 Å². The maximum Gasteiger partial charge on any atom is 0.113 e. The molecular weight excluding hydrogens is 138 g/mol. The lowest BCUT2D eigenvalue weighted by atomic mass is 10.1. The zero-order chi connectivity index (χ0) is 8.27. The molecule has 0 radical (unpaired) electrons. The molecule has 0 atom stereocenters. The summed E-state index contributed by atoms with van der Waals surface area (Å²) < 4.78 is 0. The van der Waals surface area contributed by atoms with Gasteiger partial charge in [0.2, 0.25) is 0 Å². The van der Waals surface area contributed by atoms with Crippen molar-refractivity contribution in [3.05, 3.63) is 29.3 Å². The van der Waals surface area contributed by atoms with Crippen LogP contribution in [0.5, 0.6) is 0 Å². The zero-order valence-corrected chi connectivity index (χ0v) is 6.89. The summed E-state index contributed by atoms with van der Waals surface area (Å²) in [7, 11) is 0. The van der Waals surface area contributed by atoms with Crippen LogP contribution in [0.1, 0.15) is 11.1 Å². The lowest BCUT2D eigenvalue weighted by Gasteiger charge is -2.06. The van der Waals surface area contributed by atoms with Crippen molar-refractivity contribution < 1.29 is 5.11 Å². The Hall–Kier alpha value is -1.02. The maximum absolute atomic E-state index is 8.62. The van der Waals surface area contributed by atoms with Crippen LogP contribution in [0.25, 0.3) is 0 Å². The van der Waals surface area contributed by atoms with Gasteiger partial charge in [0.1, 0.15) is 6.73 Å². The molecule has 0 spiro atoms. The molecule has 2 nitrogen and oxygen atoms in total. The number of hydrogen-bond donors (Lipinski definition) is 2. The first-order valence-electron chi connectivity index (χ1n) is 3.66. The summed E-state index contributed by atoms with van der Waals surface area (Å²) in [4.78, 5) is 0. The first-order chi connectivity index (χ1) is 5.24. The molecule has 11 heavy (non-hydrogen) atoms. The van der Waals surface area contributed by atoms with E-state index in [1.807, 2.05) is 26.0 Å². The van der Waals surface area contributed by atoms with Crippen molar-refractivity contribution >= 4 is 5.69 Å². The van der Waals surface area contributed by atoms with Crippen LogP contribution < -0.4 is 5.32 Å². The fraction of sp³-hybridized carbons (Fsp3) is 0.333. The molecule has 1 rings (SSSR count). The molecule has 0 fully saturated rings. The molecule has 0 bridgehead atoms. The number of hydrogen-bond acceptors (Lipinski definition) is 2. The highest BCUT2D eigenvalue weighted by molar-refractivity contribution is 5.52. The maximum atomic E-state index is 8.62. The number of anilines is 1. The number of aliphatic hydroxyl groups is 1. The summed E-state index contributed by atoms with van der Waals surface area (Å²) >= 11 is 0. The van der Waals surface area contributed by atoms with Gasteiger partial charge in [-0.1, -0.05) is 12.1 Å². The summed E-state index contributed by atoms with van der Waals surface area (Å²) in [5, 5.41) is 11.5. The van der Waals surface area contributed by atoms with Gasteiger partial charge in [-0.25, -0.2) is 0 Å². The molecule has 0 heterocycles. The highest BCUT2D eigenvalue weighted by Gasteiger charge is 1.94. The Morgan fingerprint density at radius 2 is 2.09 bits per heavy atom. The van der Waals surface area contributed by atoms with Gasteiger partial charge in [-0.2, -0.15) is 0 Å². The number of benzene rings is 1. The molecule has 1 aromatic rings. The van der Waals surface area contributed by atoms with E-state index in [4.69, 9.17) is 5.11 Å². The Morgan fingerprint density at radius 1 is 1.36 bits per heavy atom. The van der Waals surface area contributed by atoms with Gasteiger partial charge in [-0.3, -0.25) is 0 Å². The minimum atomic E-state index is -0.00963. The molecule has 0 saturated heterocycles. The van der Waals surface area contributed by atoms with E-state index in [1.165, 1.54) is 5.56 Å². The largest absolute Gasteiger partial charge is 0.377 e. The summed E-state index contributed by atoms with van der Waals surface area (Å²) in [6, 6.07) is 6.11. The molecule has 0 amide bonds. The zero-order valence-electron chi connectivity index (χ0n) is 6.89. The number of aliphatic hydroxyl groups excluding tert-OH is 1. The van der Waals surface area contributed by atoms with Crippen LogP contribution in [-0.4, -0.2) is 11.8 Å². The van der Waals surface area contributed by atoms with E-state index in [1.54, 1.807) is 0 Å². The van der Waals surface area contributed by atoms with Gasteiger partial charge in [0, 0.05) is 5.69 Å². The third-order valence-electron chi connectivity index (χ3n) is 1.66. The molecule has 0 aliphatic rings. The highest BCUT2D eigenvalue weighted by atomic mass is 16.3. The Kier molecular flexibility index (Phi) is 2.49. The minimum Gasteiger partial charge on any atom is -0.377 e. The van der Waals surface area contributed by atoms with Gasteiger partial charge in [-0.15, -0.1) is 0 Å². The fourth-order valence-electron chi connectivity index (χ4n) is 1.01. The first-order valence-corrected chi connectivity index (χ1v) is 3.66. The van der Waals surface area contributed by atoms with Crippen molar-refractivity contribution in [3.8, 4) is 0 Å². The molecule has 0 unspecified atom stereocenters. The van der Waals surface area contributed by atoms with Gasteiger partial charge in [0.05, 0.1) is 0 Å². The van der Waals surface area contributed by atoms with Crippen molar-refractivity contribution in [3.63, 3.8) is 0 Å². The van der Waals surface area contributed by atoms with E-state index < -0.39 is 0 Å². The first kappa shape index (κ1) is 8.08. The van der Waals surface area contributed by atoms with Gasteiger partial charge < -0.3 is 10.4 Å². The average Bonchev–Trinajstić information content (AvgIpc) is 1.98. The summed E-state index contributed by atoms with van der Waals surface area (Å²) in [5.41, 5.74) is 3.36. The van der Waals surface area contributed by atoms with Crippen LogP contribution in [-0.2, 0) is 0 Å². The average molecular weight is 151 g/mol. The molecule has 0 aliphatic carbocycles. The van der Waals surface area contributed by atoms with Crippen molar-refractivity contribution in [2.24, 2.45) is 0 Å². The van der Waals surface area contributed by atoms with Crippen LogP contribution in [0, 0.1) is 13.8 Å². The molecule has 60 valence electrons. The molecule has 0 aromatic heterocycles. The van der Waals surface area contributed by atoms with E-state index >= 15 is 0 Å². The van der Waals surface area contributed by atoms with Crippen molar-refractivity contribution in [2.45, 2.75) is 13.8 Å². The predicted octanol–water partition coefficient (Wildman–Crippen LogP) is 1.67. The normalized spacial score (nSPS) is 9.73. The van der Waals surface area contributed by atoms with E-state index in [-0.39, 0.29) is 6.73 Å². The Balaban J connectivity index is 2.93. The number of rotatable bonds is 2. The van der Waals surface area contributed by atoms with Crippen LogP contribution >= 0.6 is 0 Å². The molecule has 0 aliphatic heterocycles. The molecule has 0 saturated carbocycles. The van der Waals surface area contributed by atoms with E-state index in [9.17, 15) is 0 Å². The van der Waals surface area contributed by atoms with Gasteiger partial charge in [0.15, 0.2) is 0 Å². The quantitative estimate of drug-likeness (QED) is 0.630. The summed E-state index contributed by atoms with van der Waals surface area (Å²) in [6.07, 6.45) is 0.